The van der Waals surface area contributed by atoms with Crippen molar-refractivity contribution in [1.29, 1.82) is 0 Å². The topological polar surface area (TPSA) is 57.5 Å². The first-order valence-corrected chi connectivity index (χ1v) is 10.1. The number of fused-ring (bicyclic) bond motifs is 2. The Balaban J connectivity index is 1.86. The van der Waals surface area contributed by atoms with Gasteiger partial charge in [-0.1, -0.05) is 34.1 Å². The normalized spacial score (nSPS) is 26.3. The van der Waals surface area contributed by atoms with E-state index in [-0.39, 0.29) is 39.9 Å². The summed E-state index contributed by atoms with van der Waals surface area (Å²) in [7, 11) is 0. The molecule has 3 heteroatoms. The van der Waals surface area contributed by atoms with Crippen LogP contribution in [0, 0.1) is 29.6 Å². The molecule has 27 heavy (non-hydrogen) atoms. The van der Waals surface area contributed by atoms with Gasteiger partial charge in [-0.05, 0) is 53.7 Å². The van der Waals surface area contributed by atoms with E-state index in [2.05, 4.69) is 33.6 Å². The second-order valence-electron chi connectivity index (χ2n) is 9.72. The number of phenols is 2. The van der Waals surface area contributed by atoms with E-state index >= 15 is 0 Å². The summed E-state index contributed by atoms with van der Waals surface area (Å²) < 4.78 is 0. The summed E-state index contributed by atoms with van der Waals surface area (Å²) >= 11 is 0. The van der Waals surface area contributed by atoms with Crippen LogP contribution >= 0.6 is 0 Å². The van der Waals surface area contributed by atoms with E-state index in [0.717, 1.165) is 37.7 Å². The summed E-state index contributed by atoms with van der Waals surface area (Å²) in [6.07, 6.45) is 10.3. The molecule has 3 fully saturated rings. The lowest BCUT2D eigenvalue weighted by Gasteiger charge is -2.59. The lowest BCUT2D eigenvalue weighted by molar-refractivity contribution is -0.151. The van der Waals surface area contributed by atoms with Crippen LogP contribution in [0.4, 0.5) is 0 Å². The minimum absolute atomic E-state index is 0.0478. The van der Waals surface area contributed by atoms with Gasteiger partial charge in [0.05, 0.1) is 0 Å². The number of carbonyl (C=O) groups is 1. The largest absolute Gasteiger partial charge is 0.508 e. The van der Waals surface area contributed by atoms with E-state index in [1.54, 1.807) is 12.1 Å². The Bertz CT molecular complexity index is 758. The standard InChI is InChI=1S/C24H32O3/c1-6-7-8-9-10-23(2,3)15-11-20(26)22(21(27)12-15)16-13-19(25)18-14-17(16)24(18,4)5/h1,11-12,16-18,26-27H,7-10,13-14H2,2-5H3/t16-,17?,18?/m1/s1. The summed E-state index contributed by atoms with van der Waals surface area (Å²) in [5.74, 6) is 3.57. The van der Waals surface area contributed by atoms with Crippen molar-refractivity contribution in [1.82, 2.24) is 0 Å². The van der Waals surface area contributed by atoms with Gasteiger partial charge in [-0.15, -0.1) is 12.3 Å². The Kier molecular flexibility index (Phi) is 5.06. The molecule has 3 atom stereocenters. The van der Waals surface area contributed by atoms with Crippen molar-refractivity contribution < 1.29 is 15.0 Å². The van der Waals surface area contributed by atoms with E-state index in [9.17, 15) is 15.0 Å². The molecular weight excluding hydrogens is 336 g/mol. The molecule has 146 valence electrons. The Hall–Kier alpha value is -1.95. The van der Waals surface area contributed by atoms with Crippen LogP contribution in [0.15, 0.2) is 12.1 Å². The van der Waals surface area contributed by atoms with E-state index in [0.29, 0.717) is 17.9 Å². The second-order valence-corrected chi connectivity index (χ2v) is 9.72. The number of carbonyl (C=O) groups excluding carboxylic acids is 1. The zero-order chi connectivity index (χ0) is 20.0. The van der Waals surface area contributed by atoms with Crippen molar-refractivity contribution in [3.63, 3.8) is 0 Å². The average molecular weight is 369 g/mol. The molecule has 2 N–H and O–H groups in total. The number of aromatic hydroxyl groups is 2. The van der Waals surface area contributed by atoms with Crippen LogP contribution in [-0.2, 0) is 10.2 Å². The molecule has 3 aliphatic carbocycles. The van der Waals surface area contributed by atoms with Crippen molar-refractivity contribution >= 4 is 5.78 Å². The molecule has 0 heterocycles. The number of unbranched alkanes of at least 4 members (excludes halogenated alkanes) is 2. The minimum atomic E-state index is -0.161. The van der Waals surface area contributed by atoms with Gasteiger partial charge in [0.25, 0.3) is 0 Å². The van der Waals surface area contributed by atoms with Crippen LogP contribution in [0.25, 0.3) is 0 Å². The Morgan fingerprint density at radius 2 is 1.85 bits per heavy atom. The number of hydrogen-bond donors (Lipinski definition) is 2. The van der Waals surface area contributed by atoms with Gasteiger partial charge in [-0.25, -0.2) is 0 Å². The Morgan fingerprint density at radius 1 is 1.22 bits per heavy atom. The number of Topliss-reactive ketones (excluding diaryl/α,β-unsaturated/α-hetero) is 1. The predicted molar refractivity (Wildman–Crippen MR) is 108 cm³/mol. The molecule has 0 aliphatic heterocycles. The highest BCUT2D eigenvalue weighted by Gasteiger charge is 2.59. The minimum Gasteiger partial charge on any atom is -0.508 e. The molecule has 1 aromatic rings. The van der Waals surface area contributed by atoms with E-state index in [1.165, 1.54) is 0 Å². The van der Waals surface area contributed by atoms with Crippen LogP contribution < -0.4 is 0 Å². The third-order valence-corrected chi connectivity index (χ3v) is 7.30. The Labute approximate surface area is 163 Å². The SMILES string of the molecule is C#CCCCCC(C)(C)c1cc(O)c([C@@H]2CC(=O)C3CC2C3(C)C)c(O)c1. The zero-order valence-electron chi connectivity index (χ0n) is 17.0. The summed E-state index contributed by atoms with van der Waals surface area (Å²) in [5, 5.41) is 21.6. The number of ketones is 1. The van der Waals surface area contributed by atoms with Gasteiger partial charge >= 0.3 is 0 Å². The monoisotopic (exact) mass is 368 g/mol. The number of phenolic OH excluding ortho intramolecular Hbond substituents is 2. The maximum atomic E-state index is 12.5. The fourth-order valence-corrected chi connectivity index (χ4v) is 5.32. The van der Waals surface area contributed by atoms with Crippen LogP contribution in [0.5, 0.6) is 11.5 Å². The van der Waals surface area contributed by atoms with E-state index in [4.69, 9.17) is 6.42 Å². The molecule has 0 radical (unpaired) electrons. The zero-order valence-corrected chi connectivity index (χ0v) is 17.0. The van der Waals surface area contributed by atoms with Crippen LogP contribution in [0.3, 0.4) is 0 Å². The summed E-state index contributed by atoms with van der Waals surface area (Å²) in [6.45, 7) is 8.52. The number of hydrogen-bond acceptors (Lipinski definition) is 3. The first kappa shape index (κ1) is 19.8. The highest BCUT2D eigenvalue weighted by molar-refractivity contribution is 5.86. The highest BCUT2D eigenvalue weighted by Crippen LogP contribution is 2.64. The van der Waals surface area contributed by atoms with Gasteiger partial charge in [0.2, 0.25) is 0 Å². The molecule has 1 aromatic carbocycles. The maximum Gasteiger partial charge on any atom is 0.137 e. The van der Waals surface area contributed by atoms with Crippen LogP contribution in [0.2, 0.25) is 0 Å². The van der Waals surface area contributed by atoms with Gasteiger partial charge in [0, 0.05) is 30.2 Å². The smallest absolute Gasteiger partial charge is 0.137 e. The third-order valence-electron chi connectivity index (χ3n) is 7.30. The van der Waals surface area contributed by atoms with E-state index < -0.39 is 0 Å². The molecular formula is C24H32O3. The quantitative estimate of drug-likeness (QED) is 0.530. The first-order chi connectivity index (χ1) is 12.6. The molecule has 2 bridgehead atoms. The summed E-state index contributed by atoms with van der Waals surface area (Å²) in [6, 6.07) is 3.58. The van der Waals surface area contributed by atoms with Gasteiger partial charge in [0.15, 0.2) is 0 Å². The van der Waals surface area contributed by atoms with Gasteiger partial charge < -0.3 is 10.2 Å². The fraction of sp³-hybridized carbons (Fsp3) is 0.625. The third kappa shape index (κ3) is 3.35. The van der Waals surface area contributed by atoms with Gasteiger partial charge in [-0.3, -0.25) is 4.79 Å². The van der Waals surface area contributed by atoms with E-state index in [1.807, 2.05) is 0 Å². The molecule has 3 saturated carbocycles. The maximum absolute atomic E-state index is 12.5. The average Bonchev–Trinajstić information content (AvgIpc) is 2.57. The molecule has 3 aliphatic rings. The van der Waals surface area contributed by atoms with Crippen molar-refractivity contribution in [2.75, 3.05) is 0 Å². The Morgan fingerprint density at radius 3 is 2.37 bits per heavy atom. The van der Waals surface area contributed by atoms with Crippen molar-refractivity contribution in [3.05, 3.63) is 23.3 Å². The number of benzene rings is 1. The molecule has 0 aromatic heterocycles. The van der Waals surface area contributed by atoms with Crippen molar-refractivity contribution in [2.24, 2.45) is 17.3 Å². The number of terminal acetylenes is 1. The molecule has 0 saturated heterocycles. The van der Waals surface area contributed by atoms with Crippen molar-refractivity contribution in [2.45, 2.75) is 77.6 Å². The predicted octanol–water partition coefficient (Wildman–Crippen LogP) is 5.29. The first-order valence-electron chi connectivity index (χ1n) is 10.1. The summed E-state index contributed by atoms with van der Waals surface area (Å²) in [5.41, 5.74) is 1.28. The van der Waals surface area contributed by atoms with Crippen molar-refractivity contribution in [3.8, 4) is 23.8 Å². The van der Waals surface area contributed by atoms with Crippen LogP contribution in [0.1, 0.15) is 83.3 Å². The number of rotatable bonds is 6. The molecule has 0 amide bonds. The molecule has 2 unspecified atom stereocenters. The lowest BCUT2D eigenvalue weighted by Crippen LogP contribution is -2.56. The van der Waals surface area contributed by atoms with Gasteiger partial charge in [0.1, 0.15) is 17.3 Å². The lowest BCUT2D eigenvalue weighted by atomic mass is 9.44. The van der Waals surface area contributed by atoms with Crippen LogP contribution in [-0.4, -0.2) is 16.0 Å². The highest BCUT2D eigenvalue weighted by atomic mass is 16.3. The molecule has 0 spiro atoms. The summed E-state index contributed by atoms with van der Waals surface area (Å²) in [4.78, 5) is 12.5. The molecule has 3 nitrogen and oxygen atoms in total. The fourth-order valence-electron chi connectivity index (χ4n) is 5.32. The second kappa shape index (κ2) is 6.89. The molecule has 4 rings (SSSR count). The van der Waals surface area contributed by atoms with Gasteiger partial charge in [-0.2, -0.15) is 0 Å².